The predicted octanol–water partition coefficient (Wildman–Crippen LogP) is 5.82. The van der Waals surface area contributed by atoms with E-state index in [4.69, 9.17) is 4.74 Å². The lowest BCUT2D eigenvalue weighted by Crippen LogP contribution is -2.54. The number of nitrogens with one attached hydrogen (secondary N) is 1. The smallest absolute Gasteiger partial charge is 0.271 e. The molecular formula is C37H27N3O4. The summed E-state index contributed by atoms with van der Waals surface area (Å²) in [6.07, 6.45) is 1.67. The molecular weight excluding hydrogens is 550 g/mol. The Morgan fingerprint density at radius 2 is 1.48 bits per heavy atom. The molecule has 7 heteroatoms. The number of hydrogen-bond acceptors (Lipinski definition) is 5. The molecule has 1 saturated heterocycles. The number of carbonyl (C=O) groups excluding carboxylic acids is 3. The molecule has 3 amide bonds. The summed E-state index contributed by atoms with van der Waals surface area (Å²) < 4.78 is 5.27. The molecule has 5 aromatic carbocycles. The van der Waals surface area contributed by atoms with Crippen molar-refractivity contribution >= 4 is 40.4 Å². The number of carbonyl (C=O) groups is 3. The van der Waals surface area contributed by atoms with Crippen molar-refractivity contribution in [2.45, 2.75) is 11.3 Å². The first-order chi connectivity index (χ1) is 21.5. The Bertz CT molecular complexity index is 2000. The van der Waals surface area contributed by atoms with Crippen LogP contribution in [0.5, 0.6) is 5.75 Å². The monoisotopic (exact) mass is 577 g/mol. The van der Waals surface area contributed by atoms with E-state index in [0.717, 1.165) is 33.0 Å². The number of rotatable bonds is 5. The number of anilines is 1. The van der Waals surface area contributed by atoms with Crippen molar-refractivity contribution < 1.29 is 19.1 Å². The first-order valence-electron chi connectivity index (χ1n) is 14.6. The summed E-state index contributed by atoms with van der Waals surface area (Å²) in [6.45, 7) is 0. The first-order valence-corrected chi connectivity index (χ1v) is 14.6. The molecule has 0 saturated carbocycles. The Morgan fingerprint density at radius 1 is 0.818 bits per heavy atom. The Morgan fingerprint density at radius 3 is 2.23 bits per heavy atom. The van der Waals surface area contributed by atoms with Gasteiger partial charge in [0.05, 0.1) is 30.0 Å². The van der Waals surface area contributed by atoms with Gasteiger partial charge < -0.3 is 4.74 Å². The number of ether oxygens (including phenoxy) is 1. The molecule has 4 aliphatic rings. The van der Waals surface area contributed by atoms with Crippen molar-refractivity contribution in [3.05, 3.63) is 143 Å². The fourth-order valence-electron chi connectivity index (χ4n) is 7.71. The van der Waals surface area contributed by atoms with Gasteiger partial charge in [-0.1, -0.05) is 91.0 Å². The van der Waals surface area contributed by atoms with Gasteiger partial charge in [0.1, 0.15) is 5.75 Å². The normalized spacial score (nSPS) is 23.0. The second-order valence-electron chi connectivity index (χ2n) is 11.5. The van der Waals surface area contributed by atoms with E-state index < -0.39 is 23.2 Å². The van der Waals surface area contributed by atoms with E-state index >= 15 is 0 Å². The summed E-state index contributed by atoms with van der Waals surface area (Å²) in [5.74, 6) is -2.01. The Labute approximate surface area is 253 Å². The van der Waals surface area contributed by atoms with Gasteiger partial charge in [-0.15, -0.1) is 0 Å². The number of fused-ring (bicyclic) bond motifs is 1. The number of nitrogens with zero attached hydrogens (tertiary/aromatic N) is 2. The molecule has 0 spiro atoms. The zero-order valence-corrected chi connectivity index (χ0v) is 23.8. The molecule has 1 heterocycles. The second-order valence-corrected chi connectivity index (χ2v) is 11.5. The van der Waals surface area contributed by atoms with Crippen LogP contribution < -0.4 is 15.1 Å². The van der Waals surface area contributed by atoms with Crippen molar-refractivity contribution in [3.8, 4) is 5.75 Å². The number of benzene rings is 5. The molecule has 1 aliphatic heterocycles. The van der Waals surface area contributed by atoms with Gasteiger partial charge in [-0.2, -0.15) is 5.10 Å². The fraction of sp³-hybridized carbons (Fsp3) is 0.135. The van der Waals surface area contributed by atoms with E-state index in [1.54, 1.807) is 37.6 Å². The lowest BCUT2D eigenvalue weighted by Gasteiger charge is -2.52. The third-order valence-electron chi connectivity index (χ3n) is 9.46. The summed E-state index contributed by atoms with van der Waals surface area (Å²) in [6, 6.07) is 36.2. The maximum absolute atomic E-state index is 14.7. The highest BCUT2D eigenvalue weighted by Crippen LogP contribution is 2.63. The van der Waals surface area contributed by atoms with Crippen LogP contribution in [0.25, 0.3) is 10.8 Å². The quantitative estimate of drug-likeness (QED) is 0.162. The maximum Gasteiger partial charge on any atom is 0.271 e. The largest absolute Gasteiger partial charge is 0.497 e. The van der Waals surface area contributed by atoms with Crippen LogP contribution in [-0.2, 0) is 15.0 Å². The molecule has 3 aliphatic carbocycles. The van der Waals surface area contributed by atoms with Crippen molar-refractivity contribution in [2.24, 2.45) is 16.9 Å². The van der Waals surface area contributed by atoms with Crippen LogP contribution in [0.1, 0.15) is 38.5 Å². The highest BCUT2D eigenvalue weighted by atomic mass is 16.5. The molecule has 7 nitrogen and oxygen atoms in total. The molecule has 1 N–H and O–H groups in total. The highest BCUT2D eigenvalue weighted by molar-refractivity contribution is 6.27. The van der Waals surface area contributed by atoms with Gasteiger partial charge >= 0.3 is 0 Å². The van der Waals surface area contributed by atoms with E-state index in [2.05, 4.69) is 10.5 Å². The highest BCUT2D eigenvalue weighted by Gasteiger charge is 2.68. The maximum atomic E-state index is 14.7. The Hall–Kier alpha value is -5.56. The number of methoxy groups -OCH3 is 1. The average Bonchev–Trinajstić information content (AvgIpc) is 3.34. The topological polar surface area (TPSA) is 88.1 Å². The zero-order valence-electron chi connectivity index (χ0n) is 23.8. The molecule has 0 unspecified atom stereocenters. The van der Waals surface area contributed by atoms with Gasteiger partial charge in [0, 0.05) is 23.1 Å². The lowest BCUT2D eigenvalue weighted by atomic mass is 9.47. The first kappa shape index (κ1) is 26.1. The molecule has 2 bridgehead atoms. The van der Waals surface area contributed by atoms with Crippen molar-refractivity contribution in [1.82, 2.24) is 5.43 Å². The van der Waals surface area contributed by atoms with E-state index in [9.17, 15) is 14.4 Å². The van der Waals surface area contributed by atoms with Gasteiger partial charge in [-0.3, -0.25) is 14.4 Å². The minimum atomic E-state index is -1.08. The molecule has 1 fully saturated rings. The summed E-state index contributed by atoms with van der Waals surface area (Å²) in [4.78, 5) is 43.8. The zero-order chi connectivity index (χ0) is 30.0. The number of imide groups is 1. The van der Waals surface area contributed by atoms with E-state index in [1.807, 2.05) is 91.0 Å². The predicted molar refractivity (Wildman–Crippen MR) is 168 cm³/mol. The van der Waals surface area contributed by atoms with Crippen molar-refractivity contribution in [2.75, 3.05) is 12.0 Å². The third-order valence-corrected chi connectivity index (χ3v) is 9.46. The van der Waals surface area contributed by atoms with Crippen molar-refractivity contribution in [1.29, 1.82) is 0 Å². The summed E-state index contributed by atoms with van der Waals surface area (Å²) in [5.41, 5.74) is 6.40. The molecule has 44 heavy (non-hydrogen) atoms. The van der Waals surface area contributed by atoms with Gasteiger partial charge in [0.25, 0.3) is 5.91 Å². The third kappa shape index (κ3) is 3.49. The van der Waals surface area contributed by atoms with Crippen LogP contribution in [0, 0.1) is 11.8 Å². The molecule has 0 aromatic heterocycles. The van der Waals surface area contributed by atoms with Crippen molar-refractivity contribution in [3.63, 3.8) is 0 Å². The Kier molecular flexibility index (Phi) is 5.78. The Balaban J connectivity index is 1.30. The van der Waals surface area contributed by atoms with Gasteiger partial charge in [0.2, 0.25) is 11.8 Å². The fourth-order valence-corrected chi connectivity index (χ4v) is 7.71. The number of hydrazone groups is 1. The van der Waals surface area contributed by atoms with Crippen LogP contribution in [-0.4, -0.2) is 31.0 Å². The van der Waals surface area contributed by atoms with Gasteiger partial charge in [-0.25, -0.2) is 10.3 Å². The van der Waals surface area contributed by atoms with E-state index in [-0.39, 0.29) is 17.7 Å². The van der Waals surface area contributed by atoms with Crippen LogP contribution >= 0.6 is 0 Å². The van der Waals surface area contributed by atoms with Gasteiger partial charge in [0.15, 0.2) is 0 Å². The molecule has 2 atom stereocenters. The minimum Gasteiger partial charge on any atom is -0.497 e. The summed E-state index contributed by atoms with van der Waals surface area (Å²) >= 11 is 0. The van der Waals surface area contributed by atoms with Crippen LogP contribution in [0.2, 0.25) is 0 Å². The number of amides is 3. The van der Waals surface area contributed by atoms with Crippen LogP contribution in [0.4, 0.5) is 5.69 Å². The molecule has 5 aromatic rings. The molecule has 9 rings (SSSR count). The molecule has 0 radical (unpaired) electrons. The lowest BCUT2D eigenvalue weighted by molar-refractivity contribution is -0.122. The summed E-state index contributed by atoms with van der Waals surface area (Å²) in [7, 11) is 1.54. The standard InChI is InChI=1S/C37H27N3O4/c1-44-24-13-8-12-23(20-24)34(41)39-38-21-37-28-17-6-4-15-26(28)31(27-16-5-7-18-29(27)37)32-33(37)36(43)40(35(32)42)30-19-9-11-22-10-2-3-14-25(22)30/h2-21,31-33H,1H3,(H,39,41)/b38-21-/t31?,32-,33-,37?/m1/s1. The van der Waals surface area contributed by atoms with E-state index in [0.29, 0.717) is 17.0 Å². The second kappa shape index (κ2) is 9.74. The average molecular weight is 578 g/mol. The van der Waals surface area contributed by atoms with Gasteiger partial charge in [-0.05, 0) is 51.9 Å². The molecule has 214 valence electrons. The minimum absolute atomic E-state index is 0.219. The number of hydrogen-bond donors (Lipinski definition) is 1. The summed E-state index contributed by atoms with van der Waals surface area (Å²) in [5, 5.41) is 6.30. The van der Waals surface area contributed by atoms with E-state index in [1.165, 1.54) is 4.90 Å². The van der Waals surface area contributed by atoms with Crippen LogP contribution in [0.3, 0.4) is 0 Å². The van der Waals surface area contributed by atoms with Crippen LogP contribution in [0.15, 0.2) is 120 Å². The SMILES string of the molecule is COc1cccc(C(=O)N/N=C\C23c4ccccc4C(c4ccccc42)[C@H]2C(=O)N(c4cccc5ccccc45)C(=O)[C@@H]23)c1.